The van der Waals surface area contributed by atoms with Crippen molar-refractivity contribution in [3.63, 3.8) is 0 Å². The van der Waals surface area contributed by atoms with E-state index >= 15 is 0 Å². The van der Waals surface area contributed by atoms with Crippen LogP contribution in [0.2, 0.25) is 0 Å². The zero-order valence-electron chi connectivity index (χ0n) is 14.5. The summed E-state index contributed by atoms with van der Waals surface area (Å²) in [4.78, 5) is 9.16. The van der Waals surface area contributed by atoms with Gasteiger partial charge in [0.25, 0.3) is 5.92 Å². The lowest BCUT2D eigenvalue weighted by Crippen LogP contribution is -2.41. The minimum atomic E-state index is -3.13. The monoisotopic (exact) mass is 379 g/mol. The molecule has 0 aliphatic carbocycles. The minimum absolute atomic E-state index is 0.177. The van der Waals surface area contributed by atoms with Gasteiger partial charge >= 0.3 is 0 Å². The van der Waals surface area contributed by atoms with Gasteiger partial charge in [-0.1, -0.05) is 6.07 Å². The van der Waals surface area contributed by atoms with Crippen molar-refractivity contribution in [2.24, 2.45) is 0 Å². The van der Waals surface area contributed by atoms with E-state index in [4.69, 9.17) is 4.74 Å². The Hall–Kier alpha value is -2.77. The fourth-order valence-corrected chi connectivity index (χ4v) is 3.24. The SMILES string of the molecule is CC(F)(F)COc1ccc([C@H]2CCN2c2ccc3[nH]cnc3c2)c(F)c1F. The van der Waals surface area contributed by atoms with Crippen LogP contribution in [-0.4, -0.2) is 29.0 Å². The summed E-state index contributed by atoms with van der Waals surface area (Å²) >= 11 is 0. The van der Waals surface area contributed by atoms with Crippen LogP contribution < -0.4 is 9.64 Å². The van der Waals surface area contributed by atoms with Crippen molar-refractivity contribution in [1.82, 2.24) is 9.97 Å². The van der Waals surface area contributed by atoms with Crippen LogP contribution >= 0.6 is 0 Å². The molecule has 1 aromatic heterocycles. The predicted molar refractivity (Wildman–Crippen MR) is 93.3 cm³/mol. The summed E-state index contributed by atoms with van der Waals surface area (Å²) < 4.78 is 59.3. The maximum atomic E-state index is 14.6. The number of alkyl halides is 2. The van der Waals surface area contributed by atoms with Crippen molar-refractivity contribution in [1.29, 1.82) is 0 Å². The second-order valence-electron chi connectivity index (χ2n) is 6.74. The third-order valence-electron chi connectivity index (χ3n) is 4.67. The number of aromatic amines is 1. The number of hydrogen-bond donors (Lipinski definition) is 1. The fraction of sp³-hybridized carbons (Fsp3) is 0.316. The maximum Gasteiger partial charge on any atom is 0.278 e. The molecule has 1 aliphatic heterocycles. The smallest absolute Gasteiger partial charge is 0.278 e. The van der Waals surface area contributed by atoms with E-state index in [-0.39, 0.29) is 11.6 Å². The van der Waals surface area contributed by atoms with Gasteiger partial charge in [0.1, 0.15) is 0 Å². The highest BCUT2D eigenvalue weighted by molar-refractivity contribution is 5.79. The molecule has 0 saturated carbocycles. The molecular formula is C19H17F4N3O. The summed E-state index contributed by atoms with van der Waals surface area (Å²) in [6.07, 6.45) is 2.25. The number of ether oxygens (including phenoxy) is 1. The van der Waals surface area contributed by atoms with E-state index in [1.54, 1.807) is 6.33 Å². The molecule has 1 atom stereocenters. The molecule has 0 bridgehead atoms. The van der Waals surface area contributed by atoms with Crippen molar-refractivity contribution in [2.45, 2.75) is 25.3 Å². The number of H-pyrrole nitrogens is 1. The van der Waals surface area contributed by atoms with E-state index in [1.807, 2.05) is 23.1 Å². The van der Waals surface area contributed by atoms with E-state index in [2.05, 4.69) is 9.97 Å². The first-order chi connectivity index (χ1) is 12.8. The van der Waals surface area contributed by atoms with E-state index in [9.17, 15) is 17.6 Å². The van der Waals surface area contributed by atoms with E-state index in [1.165, 1.54) is 12.1 Å². The molecule has 0 amide bonds. The molecule has 1 fully saturated rings. The van der Waals surface area contributed by atoms with Crippen molar-refractivity contribution in [3.8, 4) is 5.75 Å². The van der Waals surface area contributed by atoms with Crippen LogP contribution in [0.5, 0.6) is 5.75 Å². The first-order valence-electron chi connectivity index (χ1n) is 8.52. The van der Waals surface area contributed by atoms with Crippen LogP contribution in [0, 0.1) is 11.6 Å². The Labute approximate surface area is 152 Å². The molecule has 1 N–H and O–H groups in total. The number of nitrogens with one attached hydrogen (secondary N) is 1. The summed E-state index contributed by atoms with van der Waals surface area (Å²) in [5, 5.41) is 0. The third kappa shape index (κ3) is 3.31. The molecule has 8 heteroatoms. The Morgan fingerprint density at radius 3 is 2.74 bits per heavy atom. The lowest BCUT2D eigenvalue weighted by atomic mass is 9.93. The zero-order chi connectivity index (χ0) is 19.2. The summed E-state index contributed by atoms with van der Waals surface area (Å²) in [6, 6.07) is 7.91. The Morgan fingerprint density at radius 1 is 1.22 bits per heavy atom. The van der Waals surface area contributed by atoms with Crippen LogP contribution in [0.4, 0.5) is 23.2 Å². The largest absolute Gasteiger partial charge is 0.484 e. The summed E-state index contributed by atoms with van der Waals surface area (Å²) in [5.74, 6) is -5.95. The predicted octanol–water partition coefficient (Wildman–Crippen LogP) is 4.83. The Bertz CT molecular complexity index is 983. The van der Waals surface area contributed by atoms with Crippen LogP contribution in [0.1, 0.15) is 24.9 Å². The Kier molecular flexibility index (Phi) is 4.20. The summed E-state index contributed by atoms with van der Waals surface area (Å²) in [6.45, 7) is 0.335. The maximum absolute atomic E-state index is 14.6. The average molecular weight is 379 g/mol. The van der Waals surface area contributed by atoms with E-state index in [0.29, 0.717) is 19.9 Å². The molecule has 2 heterocycles. The molecule has 4 nitrogen and oxygen atoms in total. The highest BCUT2D eigenvalue weighted by atomic mass is 19.3. The van der Waals surface area contributed by atoms with Gasteiger partial charge < -0.3 is 14.6 Å². The van der Waals surface area contributed by atoms with Crippen molar-refractivity contribution >= 4 is 16.7 Å². The Balaban J connectivity index is 1.58. The molecule has 27 heavy (non-hydrogen) atoms. The van der Waals surface area contributed by atoms with E-state index in [0.717, 1.165) is 16.7 Å². The van der Waals surface area contributed by atoms with E-state index < -0.39 is 29.9 Å². The zero-order valence-corrected chi connectivity index (χ0v) is 14.5. The van der Waals surface area contributed by atoms with Crippen LogP contribution in [-0.2, 0) is 0 Å². The van der Waals surface area contributed by atoms with Gasteiger partial charge in [-0.25, -0.2) is 18.2 Å². The lowest BCUT2D eigenvalue weighted by Gasteiger charge is -2.43. The molecule has 4 rings (SSSR count). The van der Waals surface area contributed by atoms with Gasteiger partial charge in [0.05, 0.1) is 23.4 Å². The third-order valence-corrected chi connectivity index (χ3v) is 4.67. The van der Waals surface area contributed by atoms with Gasteiger partial charge in [0, 0.05) is 24.7 Å². The summed E-state index contributed by atoms with van der Waals surface area (Å²) in [5.41, 5.74) is 2.71. The summed E-state index contributed by atoms with van der Waals surface area (Å²) in [7, 11) is 0. The first-order valence-corrected chi connectivity index (χ1v) is 8.52. The fourth-order valence-electron chi connectivity index (χ4n) is 3.24. The van der Waals surface area contributed by atoms with Crippen molar-refractivity contribution < 1.29 is 22.3 Å². The van der Waals surface area contributed by atoms with Crippen LogP contribution in [0.3, 0.4) is 0 Å². The van der Waals surface area contributed by atoms with Gasteiger partial charge in [-0.2, -0.15) is 4.39 Å². The molecule has 1 saturated heterocycles. The molecular weight excluding hydrogens is 362 g/mol. The highest BCUT2D eigenvalue weighted by Gasteiger charge is 2.34. The normalized spacial score (nSPS) is 17.2. The highest BCUT2D eigenvalue weighted by Crippen LogP contribution is 2.40. The van der Waals surface area contributed by atoms with Gasteiger partial charge in [-0.15, -0.1) is 0 Å². The number of fused-ring (bicyclic) bond motifs is 1. The second-order valence-corrected chi connectivity index (χ2v) is 6.74. The number of anilines is 1. The van der Waals surface area contributed by atoms with Crippen LogP contribution in [0.15, 0.2) is 36.7 Å². The molecule has 0 radical (unpaired) electrons. The standard InChI is InChI=1S/C19H17F4N3O/c1-19(22,23)9-27-16-5-3-12(17(20)18(16)21)15-6-7-26(15)11-2-4-13-14(8-11)25-10-24-13/h2-5,8,10,15H,6-7,9H2,1H3,(H,24,25)/t15-/m1/s1. The number of rotatable bonds is 5. The molecule has 2 aromatic carbocycles. The topological polar surface area (TPSA) is 41.1 Å². The lowest BCUT2D eigenvalue weighted by molar-refractivity contribution is -0.0241. The number of nitrogens with zero attached hydrogens (tertiary/aromatic N) is 2. The molecule has 0 spiro atoms. The average Bonchev–Trinajstić information content (AvgIpc) is 3.04. The number of aromatic nitrogens is 2. The number of benzene rings is 2. The van der Waals surface area contributed by atoms with Crippen LogP contribution in [0.25, 0.3) is 11.0 Å². The molecule has 142 valence electrons. The first kappa shape index (κ1) is 17.6. The van der Waals surface area contributed by atoms with Gasteiger partial charge in [-0.3, -0.25) is 0 Å². The molecule has 1 aliphatic rings. The van der Waals surface area contributed by atoms with Gasteiger partial charge in [0.2, 0.25) is 5.82 Å². The quantitative estimate of drug-likeness (QED) is 0.646. The van der Waals surface area contributed by atoms with Gasteiger partial charge in [-0.05, 0) is 30.7 Å². The number of imidazole rings is 1. The van der Waals surface area contributed by atoms with Crippen molar-refractivity contribution in [2.75, 3.05) is 18.1 Å². The molecule has 0 unspecified atom stereocenters. The second kappa shape index (κ2) is 6.44. The Morgan fingerprint density at radius 2 is 2.04 bits per heavy atom. The number of halogens is 4. The number of hydrogen-bond acceptors (Lipinski definition) is 3. The molecule has 3 aromatic rings. The minimum Gasteiger partial charge on any atom is -0.484 e. The van der Waals surface area contributed by atoms with Crippen molar-refractivity contribution in [3.05, 3.63) is 53.9 Å². The van der Waals surface area contributed by atoms with Gasteiger partial charge in [0.15, 0.2) is 18.2 Å².